The van der Waals surface area contributed by atoms with Gasteiger partial charge in [0.1, 0.15) is 11.5 Å². The molecule has 0 radical (unpaired) electrons. The molecule has 3 aromatic rings. The molecule has 1 amide bonds. The molecule has 2 N–H and O–H groups in total. The Morgan fingerprint density at radius 3 is 2.07 bits per heavy atom. The second-order valence-corrected chi connectivity index (χ2v) is 12.6. The molecule has 0 unspecified atom stereocenters. The zero-order valence-electron chi connectivity index (χ0n) is 24.2. The minimum absolute atomic E-state index is 0.155. The maximum atomic E-state index is 12.5. The van der Waals surface area contributed by atoms with Gasteiger partial charge in [0.25, 0.3) is 5.69 Å². The van der Waals surface area contributed by atoms with Crippen molar-refractivity contribution in [2.45, 2.75) is 65.2 Å². The molecule has 0 aromatic heterocycles. The van der Waals surface area contributed by atoms with Crippen molar-refractivity contribution >= 4 is 39.4 Å². The number of carbonyl (C=O) groups excluding carboxylic acids is 1. The number of rotatable bonds is 9. The summed E-state index contributed by atoms with van der Waals surface area (Å²) in [4.78, 5) is 33.4. The molecule has 0 aliphatic heterocycles. The van der Waals surface area contributed by atoms with Crippen molar-refractivity contribution in [2.24, 2.45) is 5.10 Å². The molecule has 0 saturated heterocycles. The fourth-order valence-electron chi connectivity index (χ4n) is 4.12. The number of hydrogen-bond acceptors (Lipinski definition) is 8. The number of hydrazone groups is 1. The van der Waals surface area contributed by atoms with Gasteiger partial charge in [0, 0.05) is 12.5 Å². The summed E-state index contributed by atoms with van der Waals surface area (Å²) >= 11 is 3.35. The van der Waals surface area contributed by atoms with Gasteiger partial charge in [0.05, 0.1) is 26.6 Å². The molecule has 0 aliphatic rings. The van der Waals surface area contributed by atoms with Crippen molar-refractivity contribution in [3.05, 3.63) is 95.5 Å². The summed E-state index contributed by atoms with van der Waals surface area (Å²) in [7, 11) is 0. The highest BCUT2D eigenvalue weighted by molar-refractivity contribution is 9.10. The number of phenolic OH excluding ortho intramolecular Hbond substituents is 1. The third-order valence-corrected chi connectivity index (χ3v) is 6.97. The Morgan fingerprint density at radius 2 is 1.55 bits per heavy atom. The lowest BCUT2D eigenvalue weighted by Crippen LogP contribution is -2.20. The maximum absolute atomic E-state index is 12.5. The molecule has 0 aliphatic carbocycles. The Labute approximate surface area is 252 Å². The van der Waals surface area contributed by atoms with Crippen molar-refractivity contribution in [2.75, 3.05) is 0 Å². The van der Waals surface area contributed by atoms with E-state index in [2.05, 4.69) is 26.5 Å². The van der Waals surface area contributed by atoms with Gasteiger partial charge < -0.3 is 9.84 Å². The third kappa shape index (κ3) is 8.12. The van der Waals surface area contributed by atoms with Gasteiger partial charge >= 0.3 is 5.69 Å². The zero-order chi connectivity index (χ0) is 31.4. The number of nitrogens with one attached hydrogen (secondary N) is 1. The van der Waals surface area contributed by atoms with Gasteiger partial charge in [-0.25, -0.2) is 5.43 Å². The molecular weight excluding hydrogens is 608 g/mol. The van der Waals surface area contributed by atoms with Gasteiger partial charge in [-0.3, -0.25) is 25.0 Å². The minimum atomic E-state index is -0.755. The number of benzene rings is 3. The van der Waals surface area contributed by atoms with Crippen LogP contribution < -0.4 is 10.2 Å². The van der Waals surface area contributed by atoms with Crippen molar-refractivity contribution in [3.63, 3.8) is 0 Å². The van der Waals surface area contributed by atoms with E-state index in [0.29, 0.717) is 22.2 Å². The molecule has 3 aromatic carbocycles. The number of nitrogens with zero attached hydrogens (tertiary/aromatic N) is 3. The average molecular weight is 642 g/mol. The van der Waals surface area contributed by atoms with Gasteiger partial charge in [-0.2, -0.15) is 5.10 Å². The summed E-state index contributed by atoms with van der Waals surface area (Å²) in [5.74, 6) is 0.101. The molecule has 0 heterocycles. The van der Waals surface area contributed by atoms with E-state index in [1.807, 2.05) is 53.7 Å². The van der Waals surface area contributed by atoms with Crippen LogP contribution in [0.25, 0.3) is 0 Å². The number of aryl methyl sites for hydroxylation is 1. The van der Waals surface area contributed by atoms with Crippen molar-refractivity contribution in [1.29, 1.82) is 0 Å². The molecule has 0 bridgehead atoms. The number of non-ortho nitro benzene ring substituents is 1. The van der Waals surface area contributed by atoms with Crippen LogP contribution in [0.15, 0.2) is 58.1 Å². The second kappa shape index (κ2) is 12.7. The van der Waals surface area contributed by atoms with Crippen LogP contribution in [0.5, 0.6) is 17.2 Å². The lowest BCUT2D eigenvalue weighted by Gasteiger charge is -2.28. The van der Waals surface area contributed by atoms with E-state index in [0.717, 1.165) is 28.8 Å². The van der Waals surface area contributed by atoms with Crippen molar-refractivity contribution in [3.8, 4) is 17.2 Å². The largest absolute Gasteiger partial charge is 0.507 e. The molecular formula is C30H33BrN4O7. The number of aromatic hydroxyl groups is 1. The average Bonchev–Trinajstić information content (AvgIpc) is 2.88. The van der Waals surface area contributed by atoms with Crippen LogP contribution in [0.4, 0.5) is 11.4 Å². The Bertz CT molecular complexity index is 1520. The summed E-state index contributed by atoms with van der Waals surface area (Å²) in [5.41, 5.74) is 4.26. The standard InChI is InChI=1S/C30H33BrN4O7/c1-29(2,3)21-13-18(14-22(28(21)37)30(4,5)6)8-12-27(36)33-32-17-19-7-10-25(23(31)15-19)42-26-11-9-20(34(38)39)16-24(26)35(40)41/h7,9-11,13-17,37H,8,12H2,1-6H3,(H,33,36)/b32-17-. The highest BCUT2D eigenvalue weighted by Crippen LogP contribution is 2.40. The number of amides is 1. The van der Waals surface area contributed by atoms with Crippen molar-refractivity contribution in [1.82, 2.24) is 5.43 Å². The maximum Gasteiger partial charge on any atom is 0.318 e. The summed E-state index contributed by atoms with van der Waals surface area (Å²) in [5, 5.41) is 37.3. The summed E-state index contributed by atoms with van der Waals surface area (Å²) < 4.78 is 6.08. The van der Waals surface area contributed by atoms with Gasteiger partial charge in [-0.05, 0) is 79.7 Å². The number of halogens is 1. The molecule has 0 atom stereocenters. The molecule has 0 spiro atoms. The smallest absolute Gasteiger partial charge is 0.318 e. The predicted molar refractivity (Wildman–Crippen MR) is 164 cm³/mol. The van der Waals surface area contributed by atoms with E-state index in [4.69, 9.17) is 4.74 Å². The number of phenols is 1. The van der Waals surface area contributed by atoms with Crippen LogP contribution in [-0.2, 0) is 22.0 Å². The molecule has 222 valence electrons. The second-order valence-electron chi connectivity index (χ2n) is 11.8. The van der Waals surface area contributed by atoms with E-state index in [9.17, 15) is 30.1 Å². The fraction of sp³-hybridized carbons (Fsp3) is 0.333. The number of ether oxygens (including phenoxy) is 1. The van der Waals surface area contributed by atoms with E-state index < -0.39 is 21.2 Å². The van der Waals surface area contributed by atoms with E-state index in [1.54, 1.807) is 18.2 Å². The first kappa shape index (κ1) is 32.2. The van der Waals surface area contributed by atoms with E-state index >= 15 is 0 Å². The van der Waals surface area contributed by atoms with Crippen LogP contribution in [-0.4, -0.2) is 27.1 Å². The molecule has 12 heteroatoms. The van der Waals surface area contributed by atoms with Crippen LogP contribution >= 0.6 is 15.9 Å². The van der Waals surface area contributed by atoms with Gasteiger partial charge in [-0.1, -0.05) is 53.7 Å². The van der Waals surface area contributed by atoms with Crippen LogP contribution in [0.2, 0.25) is 0 Å². The molecule has 42 heavy (non-hydrogen) atoms. The number of nitro benzene ring substituents is 2. The van der Waals surface area contributed by atoms with Gasteiger partial charge in [0.15, 0.2) is 0 Å². The highest BCUT2D eigenvalue weighted by Gasteiger charge is 2.26. The molecule has 0 saturated carbocycles. The highest BCUT2D eigenvalue weighted by atomic mass is 79.9. The lowest BCUT2D eigenvalue weighted by molar-refractivity contribution is -0.394. The zero-order valence-corrected chi connectivity index (χ0v) is 25.8. The van der Waals surface area contributed by atoms with E-state index in [-0.39, 0.29) is 34.7 Å². The Kier molecular flexibility index (Phi) is 9.72. The predicted octanol–water partition coefficient (Wildman–Crippen LogP) is 7.44. The lowest BCUT2D eigenvalue weighted by atomic mass is 9.78. The fourth-order valence-corrected chi connectivity index (χ4v) is 4.60. The summed E-state index contributed by atoms with van der Waals surface area (Å²) in [6, 6.07) is 11.8. The minimum Gasteiger partial charge on any atom is -0.507 e. The van der Waals surface area contributed by atoms with Crippen LogP contribution in [0, 0.1) is 20.2 Å². The summed E-state index contributed by atoms with van der Waals surface area (Å²) in [6.07, 6.45) is 2.11. The van der Waals surface area contributed by atoms with Crippen LogP contribution in [0.3, 0.4) is 0 Å². The normalized spacial score (nSPS) is 11.9. The Morgan fingerprint density at radius 1 is 0.952 bits per heavy atom. The molecule has 3 rings (SSSR count). The SMILES string of the molecule is CC(C)(C)c1cc(CCC(=O)N/N=C\c2ccc(Oc3ccc([N+](=O)[O-])cc3[N+](=O)[O-])c(Br)c2)cc(C(C)(C)C)c1O. The molecule has 11 nitrogen and oxygen atoms in total. The summed E-state index contributed by atoms with van der Waals surface area (Å²) in [6.45, 7) is 12.2. The van der Waals surface area contributed by atoms with E-state index in [1.165, 1.54) is 12.3 Å². The van der Waals surface area contributed by atoms with Gasteiger partial charge in [-0.15, -0.1) is 0 Å². The third-order valence-electron chi connectivity index (χ3n) is 6.36. The Hall–Kier alpha value is -4.32. The monoisotopic (exact) mass is 640 g/mol. The molecule has 0 fully saturated rings. The first-order valence-electron chi connectivity index (χ1n) is 13.1. The number of hydrogen-bond donors (Lipinski definition) is 2. The number of nitro groups is 2. The van der Waals surface area contributed by atoms with Gasteiger partial charge in [0.2, 0.25) is 11.7 Å². The topological polar surface area (TPSA) is 157 Å². The Balaban J connectivity index is 1.66. The number of carbonyl (C=O) groups is 1. The first-order valence-corrected chi connectivity index (χ1v) is 13.9. The quantitative estimate of drug-likeness (QED) is 0.140. The van der Waals surface area contributed by atoms with Crippen LogP contribution in [0.1, 0.15) is 70.2 Å². The van der Waals surface area contributed by atoms with Crippen molar-refractivity contribution < 1.29 is 24.5 Å². The first-order chi connectivity index (χ1) is 19.5.